The molecule has 0 aliphatic heterocycles. The molecule has 0 fully saturated rings. The van der Waals surface area contributed by atoms with Crippen molar-refractivity contribution in [1.82, 2.24) is 10.2 Å². The Balaban J connectivity index is 2.32. The summed E-state index contributed by atoms with van der Waals surface area (Å²) in [5, 5.41) is 2.88. The van der Waals surface area contributed by atoms with E-state index in [4.69, 9.17) is 0 Å². The van der Waals surface area contributed by atoms with Crippen molar-refractivity contribution >= 4 is 27.5 Å². The number of carbonyl (C=O) groups is 2. The van der Waals surface area contributed by atoms with E-state index in [2.05, 4.69) is 5.32 Å². The van der Waals surface area contributed by atoms with Crippen LogP contribution in [0, 0.1) is 19.8 Å². The van der Waals surface area contributed by atoms with E-state index in [-0.39, 0.29) is 18.4 Å². The van der Waals surface area contributed by atoms with Crippen LogP contribution < -0.4 is 9.62 Å². The molecule has 2 aromatic carbocycles. The van der Waals surface area contributed by atoms with Gasteiger partial charge in [0.1, 0.15) is 12.6 Å². The fourth-order valence-corrected chi connectivity index (χ4v) is 4.56. The summed E-state index contributed by atoms with van der Waals surface area (Å²) in [5.74, 6) is -0.407. The molecule has 0 aliphatic carbocycles. The Bertz CT molecular complexity index is 1060. The fourth-order valence-electron chi connectivity index (χ4n) is 3.73. The molecule has 186 valence electrons. The fraction of sp³-hybridized carbons (Fsp3) is 0.462. The van der Waals surface area contributed by atoms with Crippen LogP contribution >= 0.6 is 0 Å². The monoisotopic (exact) mass is 487 g/mol. The summed E-state index contributed by atoms with van der Waals surface area (Å²) in [6, 6.07) is 14.4. The molecule has 7 nitrogen and oxygen atoms in total. The van der Waals surface area contributed by atoms with E-state index in [1.54, 1.807) is 19.1 Å². The molecule has 0 unspecified atom stereocenters. The lowest BCUT2D eigenvalue weighted by Crippen LogP contribution is -2.52. The first-order valence-corrected chi connectivity index (χ1v) is 13.4. The van der Waals surface area contributed by atoms with Gasteiger partial charge in [0.05, 0.1) is 11.9 Å². The highest BCUT2D eigenvalue weighted by Crippen LogP contribution is 2.22. The molecule has 1 N–H and O–H groups in total. The zero-order chi connectivity index (χ0) is 25.5. The van der Waals surface area contributed by atoms with Crippen molar-refractivity contribution in [2.24, 2.45) is 5.92 Å². The average Bonchev–Trinajstić information content (AvgIpc) is 2.74. The third-order valence-electron chi connectivity index (χ3n) is 5.51. The predicted octanol–water partition coefficient (Wildman–Crippen LogP) is 3.30. The van der Waals surface area contributed by atoms with Crippen molar-refractivity contribution in [1.29, 1.82) is 0 Å². The molecule has 2 amide bonds. The Labute approximate surface area is 204 Å². The Morgan fingerprint density at radius 1 is 0.971 bits per heavy atom. The summed E-state index contributed by atoms with van der Waals surface area (Å²) in [6.07, 6.45) is 1.64. The van der Waals surface area contributed by atoms with Gasteiger partial charge in [0, 0.05) is 13.1 Å². The Morgan fingerprint density at radius 3 is 2.09 bits per heavy atom. The second-order valence-corrected chi connectivity index (χ2v) is 11.2. The molecule has 2 rings (SSSR count). The van der Waals surface area contributed by atoms with Gasteiger partial charge in [-0.15, -0.1) is 0 Å². The third kappa shape index (κ3) is 8.17. The van der Waals surface area contributed by atoms with Gasteiger partial charge in [-0.1, -0.05) is 50.2 Å². The standard InChI is InChI=1S/C26H37N3O4S/c1-19(2)17-27-26(31)22(5)28(13-12-23-10-8-7-9-11-23)25(30)18-29(34(6,32)33)24-15-20(3)14-21(4)16-24/h7-11,14-16,19,22H,12-13,17-18H2,1-6H3,(H,27,31)/t22-/m1/s1. The van der Waals surface area contributed by atoms with Gasteiger partial charge in [-0.25, -0.2) is 8.42 Å². The minimum atomic E-state index is -3.73. The van der Waals surface area contributed by atoms with Gasteiger partial charge in [0.2, 0.25) is 21.8 Å². The number of anilines is 1. The minimum absolute atomic E-state index is 0.257. The zero-order valence-electron chi connectivity index (χ0n) is 21.0. The molecule has 0 radical (unpaired) electrons. The maximum Gasteiger partial charge on any atom is 0.244 e. The van der Waals surface area contributed by atoms with E-state index < -0.39 is 22.0 Å². The van der Waals surface area contributed by atoms with Crippen LogP contribution in [0.25, 0.3) is 0 Å². The van der Waals surface area contributed by atoms with Crippen LogP contribution in [0.4, 0.5) is 5.69 Å². The minimum Gasteiger partial charge on any atom is -0.354 e. The number of rotatable bonds is 11. The largest absolute Gasteiger partial charge is 0.354 e. The number of carbonyl (C=O) groups excluding carboxylic acids is 2. The van der Waals surface area contributed by atoms with Crippen molar-refractivity contribution in [2.45, 2.75) is 47.1 Å². The first-order chi connectivity index (χ1) is 15.9. The van der Waals surface area contributed by atoms with Crippen LogP contribution in [0.1, 0.15) is 37.5 Å². The quantitative estimate of drug-likeness (QED) is 0.527. The van der Waals surface area contributed by atoms with Crippen LogP contribution in [0.15, 0.2) is 48.5 Å². The molecule has 0 heterocycles. The summed E-state index contributed by atoms with van der Waals surface area (Å²) >= 11 is 0. The van der Waals surface area contributed by atoms with E-state index in [1.807, 2.05) is 64.1 Å². The Morgan fingerprint density at radius 2 is 1.56 bits per heavy atom. The van der Waals surface area contributed by atoms with Gasteiger partial charge in [-0.3, -0.25) is 13.9 Å². The lowest BCUT2D eigenvalue weighted by Gasteiger charge is -2.31. The summed E-state index contributed by atoms with van der Waals surface area (Å²) in [5.41, 5.74) is 3.27. The topological polar surface area (TPSA) is 86.8 Å². The second-order valence-electron chi connectivity index (χ2n) is 9.25. The molecule has 0 saturated heterocycles. The summed E-state index contributed by atoms with van der Waals surface area (Å²) in [4.78, 5) is 27.8. The number of benzene rings is 2. The van der Waals surface area contributed by atoms with Crippen LogP contribution in [0.3, 0.4) is 0 Å². The van der Waals surface area contributed by atoms with Gasteiger partial charge in [-0.2, -0.15) is 0 Å². The third-order valence-corrected chi connectivity index (χ3v) is 6.65. The molecule has 0 bridgehead atoms. The number of amides is 2. The molecule has 1 atom stereocenters. The van der Waals surface area contributed by atoms with Crippen LogP contribution in [-0.4, -0.2) is 57.1 Å². The van der Waals surface area contributed by atoms with Crippen LogP contribution in [-0.2, 0) is 26.0 Å². The smallest absolute Gasteiger partial charge is 0.244 e. The number of hydrogen-bond acceptors (Lipinski definition) is 4. The lowest BCUT2D eigenvalue weighted by atomic mass is 10.1. The second kappa shape index (κ2) is 12.0. The summed E-state index contributed by atoms with van der Waals surface area (Å²) < 4.78 is 26.4. The van der Waals surface area contributed by atoms with E-state index >= 15 is 0 Å². The SMILES string of the molecule is Cc1cc(C)cc(N(CC(=O)N(CCc2ccccc2)[C@H](C)C(=O)NCC(C)C)S(C)(=O)=O)c1. The van der Waals surface area contributed by atoms with Crippen molar-refractivity contribution in [3.63, 3.8) is 0 Å². The molecule has 34 heavy (non-hydrogen) atoms. The molecule has 8 heteroatoms. The lowest BCUT2D eigenvalue weighted by molar-refractivity contribution is -0.138. The van der Waals surface area contributed by atoms with Crippen molar-refractivity contribution in [3.8, 4) is 0 Å². The van der Waals surface area contributed by atoms with Gasteiger partial charge in [0.15, 0.2) is 0 Å². The molecule has 0 aromatic heterocycles. The first kappa shape index (κ1) is 27.4. The average molecular weight is 488 g/mol. The summed E-state index contributed by atoms with van der Waals surface area (Å²) in [7, 11) is -3.73. The zero-order valence-corrected chi connectivity index (χ0v) is 21.9. The molecule has 0 aliphatic rings. The number of nitrogens with zero attached hydrogens (tertiary/aromatic N) is 2. The highest BCUT2D eigenvalue weighted by atomic mass is 32.2. The summed E-state index contributed by atoms with van der Waals surface area (Å²) in [6.45, 7) is 9.86. The maximum absolute atomic E-state index is 13.5. The Kier molecular flexibility index (Phi) is 9.67. The van der Waals surface area contributed by atoms with E-state index in [0.29, 0.717) is 25.2 Å². The van der Waals surface area contributed by atoms with Crippen molar-refractivity contribution in [2.75, 3.05) is 30.2 Å². The molecular weight excluding hydrogens is 450 g/mol. The van der Waals surface area contributed by atoms with Crippen molar-refractivity contribution in [3.05, 3.63) is 65.2 Å². The molecule has 0 spiro atoms. The number of nitrogens with one attached hydrogen (secondary N) is 1. The number of sulfonamides is 1. The van der Waals surface area contributed by atoms with Gasteiger partial charge >= 0.3 is 0 Å². The van der Waals surface area contributed by atoms with Gasteiger partial charge in [0.25, 0.3) is 0 Å². The van der Waals surface area contributed by atoms with Gasteiger partial charge < -0.3 is 10.2 Å². The number of hydrogen-bond donors (Lipinski definition) is 1. The highest BCUT2D eigenvalue weighted by molar-refractivity contribution is 7.92. The highest BCUT2D eigenvalue weighted by Gasteiger charge is 2.29. The van der Waals surface area contributed by atoms with Gasteiger partial charge in [-0.05, 0) is 61.9 Å². The predicted molar refractivity (Wildman–Crippen MR) is 137 cm³/mol. The normalized spacial score (nSPS) is 12.3. The van der Waals surface area contributed by atoms with Crippen LogP contribution in [0.2, 0.25) is 0 Å². The maximum atomic E-state index is 13.5. The van der Waals surface area contributed by atoms with E-state index in [0.717, 1.165) is 27.3 Å². The van der Waals surface area contributed by atoms with E-state index in [1.165, 1.54) is 4.90 Å². The first-order valence-electron chi connectivity index (χ1n) is 11.6. The Hall–Kier alpha value is -2.87. The van der Waals surface area contributed by atoms with E-state index in [9.17, 15) is 18.0 Å². The van der Waals surface area contributed by atoms with Crippen LogP contribution in [0.5, 0.6) is 0 Å². The number of aryl methyl sites for hydroxylation is 2. The molecular formula is C26H37N3O4S. The molecule has 0 saturated carbocycles. The van der Waals surface area contributed by atoms with Crippen molar-refractivity contribution < 1.29 is 18.0 Å². The molecule has 2 aromatic rings.